The molecule has 0 atom stereocenters. The third-order valence-corrected chi connectivity index (χ3v) is 6.13. The van der Waals surface area contributed by atoms with Crippen LogP contribution < -0.4 is 5.32 Å². The molecular weight excluding hydrogens is 402 g/mol. The van der Waals surface area contributed by atoms with Gasteiger partial charge >= 0.3 is 11.9 Å². The Morgan fingerprint density at radius 2 is 1.79 bits per heavy atom. The fraction of sp³-hybridized carbons (Fsp3) is 0.444. The summed E-state index contributed by atoms with van der Waals surface area (Å²) in [5, 5.41) is 22.7. The molecule has 0 saturated carbocycles. The Kier molecular flexibility index (Phi) is 7.72. The van der Waals surface area contributed by atoms with Crippen molar-refractivity contribution in [2.45, 2.75) is 17.4 Å². The lowest BCUT2D eigenvalue weighted by Crippen LogP contribution is -2.69. The molecule has 158 valence electrons. The van der Waals surface area contributed by atoms with E-state index in [-0.39, 0.29) is 24.6 Å². The van der Waals surface area contributed by atoms with Crippen LogP contribution in [0.1, 0.15) is 6.92 Å². The maximum Gasteiger partial charge on any atom is 0.337 e. The largest absolute Gasteiger partial charge is 0.479 e. The molecule has 1 saturated heterocycles. The fourth-order valence-corrected chi connectivity index (χ4v) is 4.20. The Morgan fingerprint density at radius 1 is 1.21 bits per heavy atom. The summed E-state index contributed by atoms with van der Waals surface area (Å²) in [4.78, 5) is 30.6. The number of hydrogen-bond donors (Lipinski definition) is 3. The van der Waals surface area contributed by atoms with Crippen LogP contribution >= 0.6 is 0 Å². The minimum Gasteiger partial charge on any atom is -0.479 e. The second kappa shape index (κ2) is 9.82. The van der Waals surface area contributed by atoms with Gasteiger partial charge in [0.1, 0.15) is 6.61 Å². The molecule has 3 N–H and O–H groups in total. The molecule has 0 unspecified atom stereocenters. The van der Waals surface area contributed by atoms with Crippen molar-refractivity contribution in [3.8, 4) is 11.8 Å². The number of aliphatic carboxylic acids is 2. The zero-order valence-corrected chi connectivity index (χ0v) is 16.7. The van der Waals surface area contributed by atoms with Crippen molar-refractivity contribution in [2.24, 2.45) is 0 Å². The molecule has 0 aromatic heterocycles. The second-order valence-corrected chi connectivity index (χ2v) is 8.02. The highest BCUT2D eigenvalue weighted by Crippen LogP contribution is 2.24. The van der Waals surface area contributed by atoms with Crippen molar-refractivity contribution in [3.05, 3.63) is 30.3 Å². The van der Waals surface area contributed by atoms with Crippen LogP contribution in [-0.2, 0) is 24.4 Å². The van der Waals surface area contributed by atoms with Crippen molar-refractivity contribution in [3.63, 3.8) is 0 Å². The third kappa shape index (κ3) is 4.92. The first-order chi connectivity index (χ1) is 13.8. The average molecular weight is 425 g/mol. The summed E-state index contributed by atoms with van der Waals surface area (Å²) in [6.07, 6.45) is 0. The highest BCUT2D eigenvalue weighted by Gasteiger charge is 2.55. The summed E-state index contributed by atoms with van der Waals surface area (Å²) in [5.41, 5.74) is -2.52. The van der Waals surface area contributed by atoms with Gasteiger partial charge in [-0.2, -0.15) is 0 Å². The summed E-state index contributed by atoms with van der Waals surface area (Å²) in [5.74, 6) is 1.72. The van der Waals surface area contributed by atoms with Crippen LogP contribution in [0.15, 0.2) is 35.2 Å². The molecule has 2 rings (SSSR count). The zero-order chi connectivity index (χ0) is 21.5. The smallest absolute Gasteiger partial charge is 0.337 e. The van der Waals surface area contributed by atoms with Crippen molar-refractivity contribution in [1.82, 2.24) is 14.7 Å². The van der Waals surface area contributed by atoms with Gasteiger partial charge in [0.25, 0.3) is 10.0 Å². The molecule has 1 aliphatic rings. The molecule has 1 aromatic carbocycles. The first kappa shape index (κ1) is 22.8. The number of hydrogen-bond acceptors (Lipinski definition) is 7. The molecule has 1 aromatic rings. The normalized spacial score (nSPS) is 15.5. The number of rotatable bonds is 9. The van der Waals surface area contributed by atoms with E-state index in [1.807, 2.05) is 0 Å². The zero-order valence-electron chi connectivity index (χ0n) is 15.9. The van der Waals surface area contributed by atoms with Gasteiger partial charge in [-0.3, -0.25) is 9.74 Å². The Morgan fingerprint density at radius 3 is 2.31 bits per heavy atom. The summed E-state index contributed by atoms with van der Waals surface area (Å²) in [7, 11) is -4.35. The summed E-state index contributed by atoms with van der Waals surface area (Å²) < 4.78 is 26.6. The molecule has 29 heavy (non-hydrogen) atoms. The van der Waals surface area contributed by atoms with Gasteiger partial charge in [0.05, 0.1) is 11.4 Å². The van der Waals surface area contributed by atoms with Crippen molar-refractivity contribution >= 4 is 22.0 Å². The van der Waals surface area contributed by atoms with Gasteiger partial charge in [0.15, 0.2) is 0 Å². The number of nitrogens with one attached hydrogen (secondary N) is 1. The molecular formula is C18H23N3O7S. The monoisotopic (exact) mass is 425 g/mol. The van der Waals surface area contributed by atoms with Crippen molar-refractivity contribution < 1.29 is 33.1 Å². The van der Waals surface area contributed by atoms with E-state index in [2.05, 4.69) is 17.2 Å². The van der Waals surface area contributed by atoms with E-state index < -0.39 is 34.0 Å². The molecule has 10 nitrogen and oxygen atoms in total. The number of sulfonamides is 1. The topological polar surface area (TPSA) is 136 Å². The van der Waals surface area contributed by atoms with E-state index in [1.165, 1.54) is 36.1 Å². The van der Waals surface area contributed by atoms with Gasteiger partial charge in [-0.25, -0.2) is 18.0 Å². The molecule has 1 aliphatic heterocycles. The van der Waals surface area contributed by atoms with Crippen LogP contribution in [-0.4, -0.2) is 84.8 Å². The number of carboxylic acids is 2. The van der Waals surface area contributed by atoms with Gasteiger partial charge in [0, 0.05) is 26.2 Å². The number of benzene rings is 1. The molecule has 11 heteroatoms. The van der Waals surface area contributed by atoms with Crippen LogP contribution in [0.5, 0.6) is 0 Å². The lowest BCUT2D eigenvalue weighted by Gasteiger charge is -2.41. The molecule has 1 heterocycles. The number of hydroxylamine groups is 1. The predicted octanol–water partition coefficient (Wildman–Crippen LogP) is -0.555. The third-order valence-electron chi connectivity index (χ3n) is 4.49. The average Bonchev–Trinajstić information content (AvgIpc) is 2.71. The Balaban J connectivity index is 2.50. The molecule has 0 spiro atoms. The van der Waals surface area contributed by atoms with Gasteiger partial charge in [0.2, 0.25) is 5.54 Å². The number of nitrogens with zero attached hydrogens (tertiary/aromatic N) is 2. The van der Waals surface area contributed by atoms with Crippen LogP contribution in [0.4, 0.5) is 0 Å². The van der Waals surface area contributed by atoms with Gasteiger partial charge < -0.3 is 15.5 Å². The molecule has 1 fully saturated rings. The second-order valence-electron chi connectivity index (χ2n) is 6.19. The lowest BCUT2D eigenvalue weighted by atomic mass is 9.96. The highest BCUT2D eigenvalue weighted by atomic mass is 32.2. The number of carbonyl (C=O) groups is 2. The van der Waals surface area contributed by atoms with Crippen molar-refractivity contribution in [2.75, 3.05) is 39.3 Å². The van der Waals surface area contributed by atoms with E-state index in [9.17, 15) is 28.2 Å². The minimum atomic E-state index is -4.35. The molecule has 0 radical (unpaired) electrons. The van der Waals surface area contributed by atoms with Gasteiger partial charge in [-0.15, -0.1) is 5.92 Å². The van der Waals surface area contributed by atoms with E-state index in [0.717, 1.165) is 0 Å². The SMILES string of the molecule is CC#CCON(CC(C(=O)O)(C(=O)O)N1CCNCC1)S(=O)(=O)c1ccccc1. The highest BCUT2D eigenvalue weighted by molar-refractivity contribution is 7.89. The maximum absolute atomic E-state index is 13.1. The molecule has 0 aliphatic carbocycles. The molecule has 0 amide bonds. The first-order valence-corrected chi connectivity index (χ1v) is 10.2. The van der Waals surface area contributed by atoms with E-state index in [1.54, 1.807) is 6.07 Å². The Bertz CT molecular complexity index is 873. The lowest BCUT2D eigenvalue weighted by molar-refractivity contribution is -0.177. The maximum atomic E-state index is 13.1. The van der Waals surface area contributed by atoms with E-state index in [4.69, 9.17) is 4.84 Å². The fourth-order valence-electron chi connectivity index (χ4n) is 2.92. The van der Waals surface area contributed by atoms with Crippen LogP contribution in [0, 0.1) is 11.8 Å². The Hall–Kier alpha value is -2.49. The van der Waals surface area contributed by atoms with Crippen LogP contribution in [0.3, 0.4) is 0 Å². The van der Waals surface area contributed by atoms with Crippen molar-refractivity contribution in [1.29, 1.82) is 0 Å². The van der Waals surface area contributed by atoms with Crippen LogP contribution in [0.25, 0.3) is 0 Å². The summed E-state index contributed by atoms with van der Waals surface area (Å²) in [6.45, 7) is 1.21. The van der Waals surface area contributed by atoms with E-state index in [0.29, 0.717) is 17.6 Å². The number of carboxylic acid groups (broad SMARTS) is 2. The van der Waals surface area contributed by atoms with Crippen LogP contribution in [0.2, 0.25) is 0 Å². The summed E-state index contributed by atoms with van der Waals surface area (Å²) >= 11 is 0. The first-order valence-electron chi connectivity index (χ1n) is 8.79. The minimum absolute atomic E-state index is 0.118. The van der Waals surface area contributed by atoms with E-state index >= 15 is 0 Å². The van der Waals surface area contributed by atoms with Gasteiger partial charge in [-0.1, -0.05) is 28.6 Å². The predicted molar refractivity (Wildman–Crippen MR) is 102 cm³/mol. The standard InChI is InChI=1S/C18H23N3O7S/c1-2-3-13-28-21(29(26,27)15-7-5-4-6-8-15)14-18(16(22)23,17(24)25)20-11-9-19-10-12-20/h4-8,19H,9-14H2,1H3,(H,22,23)(H,24,25). The summed E-state index contributed by atoms with van der Waals surface area (Å²) in [6, 6.07) is 7.23. The number of piperazine rings is 1. The van der Waals surface area contributed by atoms with Gasteiger partial charge in [-0.05, 0) is 19.1 Å². The Labute approximate surface area is 169 Å². The molecule has 0 bridgehead atoms. The quantitative estimate of drug-likeness (QED) is 0.270.